The fourth-order valence-electron chi connectivity index (χ4n) is 1.10. The molecule has 0 aliphatic heterocycles. The van der Waals surface area contributed by atoms with Gasteiger partial charge in [0.15, 0.2) is 0 Å². The van der Waals surface area contributed by atoms with Gasteiger partial charge in [-0.1, -0.05) is 45.0 Å². The highest BCUT2D eigenvalue weighted by Gasteiger charge is 2.13. The summed E-state index contributed by atoms with van der Waals surface area (Å²) in [4.78, 5) is 11.0. The summed E-state index contributed by atoms with van der Waals surface area (Å²) in [6.07, 6.45) is 0. The largest absolute Gasteiger partial charge is 0.282 e. The molecule has 1 aromatic carbocycles. The van der Waals surface area contributed by atoms with E-state index >= 15 is 0 Å². The molecule has 70 valence electrons. The summed E-state index contributed by atoms with van der Waals surface area (Å²) >= 11 is 1.80. The Bertz CT molecular complexity index is 306. The molecule has 1 nitrogen and oxygen atoms in total. The topological polar surface area (TPSA) is 17.1 Å². The van der Waals surface area contributed by atoms with Crippen molar-refractivity contribution >= 4 is 26.4 Å². The van der Waals surface area contributed by atoms with Crippen molar-refractivity contribution in [3.8, 4) is 0 Å². The van der Waals surface area contributed by atoms with Gasteiger partial charge in [0.25, 0.3) is 0 Å². The number of carbonyl (C=O) groups is 1. The molecule has 0 fully saturated rings. The van der Waals surface area contributed by atoms with Crippen LogP contribution in [0.25, 0.3) is 0 Å². The van der Waals surface area contributed by atoms with Crippen LogP contribution in [0.1, 0.15) is 36.7 Å². The predicted octanol–water partition coefficient (Wildman–Crippen LogP) is 3.56. The van der Waals surface area contributed by atoms with Crippen molar-refractivity contribution in [2.24, 2.45) is 0 Å². The van der Waals surface area contributed by atoms with Crippen LogP contribution >= 0.6 is 22.6 Å². The summed E-state index contributed by atoms with van der Waals surface area (Å²) in [6, 6.07) is 7.81. The maximum atomic E-state index is 11.0. The maximum absolute atomic E-state index is 11.0. The molecular weight excluding hydrogens is 275 g/mol. The normalized spacial score (nSPS) is 11.4. The van der Waals surface area contributed by atoms with Crippen LogP contribution in [0.4, 0.5) is 0 Å². The molecule has 1 aromatic rings. The summed E-state index contributed by atoms with van der Waals surface area (Å²) in [7, 11) is 0. The molecule has 0 heterocycles. The van der Waals surface area contributed by atoms with E-state index in [0.717, 1.165) is 5.56 Å². The lowest BCUT2D eigenvalue weighted by Gasteiger charge is -2.18. The molecular formula is C11H13IO. The third-order valence-electron chi connectivity index (χ3n) is 1.98. The third-order valence-corrected chi connectivity index (χ3v) is 2.60. The van der Waals surface area contributed by atoms with Gasteiger partial charge in [-0.05, 0) is 11.0 Å². The fraction of sp³-hybridized carbons (Fsp3) is 0.364. The van der Waals surface area contributed by atoms with Crippen LogP contribution < -0.4 is 0 Å². The molecule has 1 rings (SSSR count). The van der Waals surface area contributed by atoms with Crippen LogP contribution in [0.3, 0.4) is 0 Å². The van der Waals surface area contributed by atoms with Crippen molar-refractivity contribution in [1.82, 2.24) is 0 Å². The highest BCUT2D eigenvalue weighted by molar-refractivity contribution is 14.1. The van der Waals surface area contributed by atoms with Crippen LogP contribution in [-0.2, 0) is 5.41 Å². The van der Waals surface area contributed by atoms with Crippen LogP contribution in [0.5, 0.6) is 0 Å². The zero-order chi connectivity index (χ0) is 10.1. The van der Waals surface area contributed by atoms with E-state index in [-0.39, 0.29) is 9.20 Å². The molecule has 0 atom stereocenters. The lowest BCUT2D eigenvalue weighted by molar-refractivity contribution is 0.110. The average molecular weight is 288 g/mol. The molecule has 2 heteroatoms. The van der Waals surface area contributed by atoms with Gasteiger partial charge in [-0.25, -0.2) is 0 Å². The smallest absolute Gasteiger partial charge is 0.222 e. The average Bonchev–Trinajstić information content (AvgIpc) is 2.03. The number of hydrogen-bond acceptors (Lipinski definition) is 1. The lowest BCUT2D eigenvalue weighted by atomic mass is 9.87. The Morgan fingerprint density at radius 1 is 1.15 bits per heavy atom. The molecule has 0 spiro atoms. The number of benzene rings is 1. The van der Waals surface area contributed by atoms with Gasteiger partial charge in [0.05, 0.1) is 0 Å². The van der Waals surface area contributed by atoms with Gasteiger partial charge in [0.2, 0.25) is 3.79 Å². The first-order valence-corrected chi connectivity index (χ1v) is 5.29. The quantitative estimate of drug-likeness (QED) is 0.570. The molecule has 0 saturated heterocycles. The molecule has 0 saturated carbocycles. The van der Waals surface area contributed by atoms with Gasteiger partial charge in [-0.2, -0.15) is 0 Å². The molecule has 13 heavy (non-hydrogen) atoms. The van der Waals surface area contributed by atoms with Crippen molar-refractivity contribution < 1.29 is 4.79 Å². The Balaban J connectivity index is 3.01. The van der Waals surface area contributed by atoms with Gasteiger partial charge < -0.3 is 0 Å². The van der Waals surface area contributed by atoms with E-state index in [1.54, 1.807) is 22.6 Å². The molecule has 0 unspecified atom stereocenters. The first kappa shape index (κ1) is 10.7. The van der Waals surface area contributed by atoms with Gasteiger partial charge >= 0.3 is 0 Å². The Labute approximate surface area is 92.7 Å². The number of hydrogen-bond donors (Lipinski definition) is 0. The molecule has 0 aliphatic rings. The van der Waals surface area contributed by atoms with E-state index in [0.29, 0.717) is 0 Å². The van der Waals surface area contributed by atoms with Crippen LogP contribution in [-0.4, -0.2) is 3.79 Å². The van der Waals surface area contributed by atoms with Crippen LogP contribution in [0, 0.1) is 0 Å². The Morgan fingerprint density at radius 3 is 1.92 bits per heavy atom. The van der Waals surface area contributed by atoms with E-state index in [4.69, 9.17) is 0 Å². The maximum Gasteiger partial charge on any atom is 0.222 e. The number of halogens is 1. The second kappa shape index (κ2) is 3.78. The van der Waals surface area contributed by atoms with Crippen LogP contribution in [0.2, 0.25) is 0 Å². The first-order valence-electron chi connectivity index (χ1n) is 4.21. The third kappa shape index (κ3) is 2.79. The zero-order valence-electron chi connectivity index (χ0n) is 8.10. The van der Waals surface area contributed by atoms with E-state index in [1.165, 1.54) is 5.56 Å². The first-order chi connectivity index (χ1) is 5.91. The Kier molecular flexibility index (Phi) is 3.11. The lowest BCUT2D eigenvalue weighted by Crippen LogP contribution is -2.10. The van der Waals surface area contributed by atoms with Crippen LogP contribution in [0.15, 0.2) is 24.3 Å². The monoisotopic (exact) mass is 288 g/mol. The zero-order valence-corrected chi connectivity index (χ0v) is 10.3. The standard InChI is InChI=1S/C11H13IO/c1-11(2,3)9-6-4-8(5-7-9)10(12)13/h4-7H,1-3H3. The molecule has 0 N–H and O–H groups in total. The summed E-state index contributed by atoms with van der Waals surface area (Å²) in [6.45, 7) is 6.48. The second-order valence-electron chi connectivity index (χ2n) is 4.10. The minimum absolute atomic E-state index is 0.0954. The van der Waals surface area contributed by atoms with E-state index in [9.17, 15) is 4.79 Å². The SMILES string of the molecule is CC(C)(C)c1ccc(C(=O)I)cc1. The second-order valence-corrected chi connectivity index (χ2v) is 5.08. The molecule has 0 amide bonds. The summed E-state index contributed by atoms with van der Waals surface area (Å²) in [5.41, 5.74) is 2.19. The van der Waals surface area contributed by atoms with Crippen molar-refractivity contribution in [3.63, 3.8) is 0 Å². The highest BCUT2D eigenvalue weighted by atomic mass is 127. The fourth-order valence-corrected chi connectivity index (χ4v) is 1.46. The Hall–Kier alpha value is -0.380. The molecule has 0 radical (unpaired) electrons. The van der Waals surface area contributed by atoms with Gasteiger partial charge in [-0.15, -0.1) is 0 Å². The van der Waals surface area contributed by atoms with E-state index < -0.39 is 0 Å². The number of carbonyl (C=O) groups excluding carboxylic acids is 1. The molecule has 0 bridgehead atoms. The van der Waals surface area contributed by atoms with E-state index in [1.807, 2.05) is 24.3 Å². The van der Waals surface area contributed by atoms with Crippen molar-refractivity contribution in [1.29, 1.82) is 0 Å². The highest BCUT2D eigenvalue weighted by Crippen LogP contribution is 2.22. The van der Waals surface area contributed by atoms with Gasteiger partial charge in [0.1, 0.15) is 0 Å². The van der Waals surface area contributed by atoms with Crippen molar-refractivity contribution in [2.45, 2.75) is 26.2 Å². The summed E-state index contributed by atoms with van der Waals surface area (Å²) < 4.78 is 0.0954. The number of rotatable bonds is 1. The minimum atomic E-state index is 0.0954. The molecule has 0 aromatic heterocycles. The Morgan fingerprint density at radius 2 is 1.62 bits per heavy atom. The van der Waals surface area contributed by atoms with Gasteiger partial charge in [-0.3, -0.25) is 4.79 Å². The summed E-state index contributed by atoms with van der Waals surface area (Å²) in [5.74, 6) is 0. The summed E-state index contributed by atoms with van der Waals surface area (Å²) in [5, 5.41) is 0. The van der Waals surface area contributed by atoms with Gasteiger partial charge in [0, 0.05) is 28.2 Å². The van der Waals surface area contributed by atoms with E-state index in [2.05, 4.69) is 20.8 Å². The predicted molar refractivity (Wildman–Crippen MR) is 63.5 cm³/mol. The van der Waals surface area contributed by atoms with Crippen molar-refractivity contribution in [3.05, 3.63) is 35.4 Å². The molecule has 0 aliphatic carbocycles. The van der Waals surface area contributed by atoms with Crippen molar-refractivity contribution in [2.75, 3.05) is 0 Å². The minimum Gasteiger partial charge on any atom is -0.282 e.